The molecule has 2 heterocycles. The van der Waals surface area contributed by atoms with Crippen LogP contribution in [-0.2, 0) is 14.4 Å². The Bertz CT molecular complexity index is 1110. The molecule has 2 saturated carbocycles. The third-order valence-electron chi connectivity index (χ3n) is 7.23. The lowest BCUT2D eigenvalue weighted by atomic mass is 10.0. The standard InChI is InChI=1S/C26H32N4O4/c1-18-16-29(17-27-18)23-7-5-19(11-24(23)33-3)6-8-25-28-34-26(30(25)9-4-10-32-2)14-20-12-22(31)13-21(20)15-26/h5-8,11,16-17,20-21H,4,9-10,12-15H2,1-3H3/b8-6+. The Kier molecular flexibility index (Phi) is 6.16. The summed E-state index contributed by atoms with van der Waals surface area (Å²) in [5.74, 6) is 2.78. The Balaban J connectivity index is 1.35. The molecule has 0 N–H and O–H groups in total. The molecule has 2 aliphatic carbocycles. The summed E-state index contributed by atoms with van der Waals surface area (Å²) in [6.07, 6.45) is 11.7. The SMILES string of the molecule is COCCCN1C(/C=C/c2ccc(-n3cnc(C)c3)c(OC)c2)=NOC12CC1CC(=O)CC1C2. The van der Waals surface area contributed by atoms with Gasteiger partial charge < -0.3 is 23.8 Å². The highest BCUT2D eigenvalue weighted by Gasteiger charge is 2.56. The fourth-order valence-electron chi connectivity index (χ4n) is 5.66. The van der Waals surface area contributed by atoms with E-state index in [1.54, 1.807) is 20.5 Å². The maximum absolute atomic E-state index is 11.9. The smallest absolute Gasteiger partial charge is 0.212 e. The van der Waals surface area contributed by atoms with Gasteiger partial charge in [0, 0.05) is 52.1 Å². The topological polar surface area (TPSA) is 78.2 Å². The van der Waals surface area contributed by atoms with Gasteiger partial charge in [-0.25, -0.2) is 4.98 Å². The van der Waals surface area contributed by atoms with Crippen LogP contribution in [0.25, 0.3) is 11.8 Å². The normalized spacial score (nSPS) is 25.9. The number of aromatic nitrogens is 2. The first-order valence-corrected chi connectivity index (χ1v) is 11.9. The summed E-state index contributed by atoms with van der Waals surface area (Å²) in [5, 5.41) is 4.49. The second kappa shape index (κ2) is 9.25. The molecule has 0 radical (unpaired) electrons. The number of ether oxygens (including phenoxy) is 2. The Morgan fingerprint density at radius 1 is 1.21 bits per heavy atom. The first-order chi connectivity index (χ1) is 16.5. The van der Waals surface area contributed by atoms with E-state index in [-0.39, 0.29) is 0 Å². The van der Waals surface area contributed by atoms with Crippen LogP contribution < -0.4 is 4.74 Å². The number of imidazole rings is 1. The van der Waals surface area contributed by atoms with Crippen LogP contribution in [0, 0.1) is 18.8 Å². The van der Waals surface area contributed by atoms with E-state index in [1.807, 2.05) is 42.0 Å². The van der Waals surface area contributed by atoms with Crippen LogP contribution in [0.4, 0.5) is 0 Å². The van der Waals surface area contributed by atoms with Crippen molar-refractivity contribution in [2.24, 2.45) is 17.0 Å². The number of aryl methyl sites for hydroxylation is 1. The Morgan fingerprint density at radius 3 is 2.68 bits per heavy atom. The number of fused-ring (bicyclic) bond motifs is 1. The molecule has 8 heteroatoms. The highest BCUT2D eigenvalue weighted by atomic mass is 16.7. The maximum atomic E-state index is 11.9. The van der Waals surface area contributed by atoms with Gasteiger partial charge in [-0.05, 0) is 49.0 Å². The number of ketones is 1. The van der Waals surface area contributed by atoms with Gasteiger partial charge in [0.2, 0.25) is 5.72 Å². The highest BCUT2D eigenvalue weighted by molar-refractivity contribution is 5.97. The zero-order valence-electron chi connectivity index (χ0n) is 20.1. The van der Waals surface area contributed by atoms with Crippen molar-refractivity contribution in [2.45, 2.75) is 44.8 Å². The van der Waals surface area contributed by atoms with E-state index in [4.69, 9.17) is 14.3 Å². The van der Waals surface area contributed by atoms with Crippen molar-refractivity contribution in [1.29, 1.82) is 0 Å². The van der Waals surface area contributed by atoms with Crippen molar-refractivity contribution in [3.63, 3.8) is 0 Å². The van der Waals surface area contributed by atoms with Crippen molar-refractivity contribution in [3.8, 4) is 11.4 Å². The number of methoxy groups -OCH3 is 2. The summed E-state index contributed by atoms with van der Waals surface area (Å²) in [6.45, 7) is 3.44. The monoisotopic (exact) mass is 464 g/mol. The Morgan fingerprint density at radius 2 is 2.00 bits per heavy atom. The predicted octanol–water partition coefficient (Wildman–Crippen LogP) is 3.97. The molecule has 2 atom stereocenters. The summed E-state index contributed by atoms with van der Waals surface area (Å²) < 4.78 is 12.9. The summed E-state index contributed by atoms with van der Waals surface area (Å²) in [4.78, 5) is 24.6. The molecule has 8 nitrogen and oxygen atoms in total. The largest absolute Gasteiger partial charge is 0.495 e. The molecule has 0 bridgehead atoms. The van der Waals surface area contributed by atoms with Crippen molar-refractivity contribution in [3.05, 3.63) is 48.1 Å². The maximum Gasteiger partial charge on any atom is 0.212 e. The molecule has 0 saturated heterocycles. The average molecular weight is 465 g/mol. The van der Waals surface area contributed by atoms with Gasteiger partial charge in [0.1, 0.15) is 11.5 Å². The van der Waals surface area contributed by atoms with E-state index < -0.39 is 5.72 Å². The van der Waals surface area contributed by atoms with E-state index in [1.165, 1.54) is 0 Å². The van der Waals surface area contributed by atoms with E-state index in [9.17, 15) is 4.79 Å². The predicted molar refractivity (Wildman–Crippen MR) is 129 cm³/mol. The Hall–Kier alpha value is -3.13. The number of amidine groups is 1. The molecule has 2 aromatic rings. The van der Waals surface area contributed by atoms with Crippen molar-refractivity contribution >= 4 is 17.7 Å². The number of rotatable bonds is 8. The molecule has 1 aromatic heterocycles. The molecule has 2 fully saturated rings. The van der Waals surface area contributed by atoms with Crippen molar-refractivity contribution < 1.29 is 19.1 Å². The lowest BCUT2D eigenvalue weighted by molar-refractivity contribution is -0.120. The molecule has 0 amide bonds. The number of nitrogens with zero attached hydrogens (tertiary/aromatic N) is 4. The molecule has 34 heavy (non-hydrogen) atoms. The van der Waals surface area contributed by atoms with Gasteiger partial charge in [0.05, 0.1) is 24.8 Å². The summed E-state index contributed by atoms with van der Waals surface area (Å²) in [6, 6.07) is 6.09. The van der Waals surface area contributed by atoms with E-state index in [2.05, 4.69) is 21.1 Å². The zero-order chi connectivity index (χ0) is 23.7. The number of carbonyl (C=O) groups is 1. The second-order valence-electron chi connectivity index (χ2n) is 9.55. The number of benzene rings is 1. The third-order valence-corrected chi connectivity index (χ3v) is 7.23. The number of carbonyl (C=O) groups excluding carboxylic acids is 1. The van der Waals surface area contributed by atoms with Gasteiger partial charge in [0.15, 0.2) is 5.84 Å². The molecule has 1 aromatic carbocycles. The van der Waals surface area contributed by atoms with Crippen molar-refractivity contribution in [2.75, 3.05) is 27.4 Å². The molecule has 3 aliphatic rings. The number of oxime groups is 1. The molecular weight excluding hydrogens is 432 g/mol. The van der Waals surface area contributed by atoms with Crippen LogP contribution in [0.5, 0.6) is 5.75 Å². The second-order valence-corrected chi connectivity index (χ2v) is 9.55. The lowest BCUT2D eigenvalue weighted by Crippen LogP contribution is -2.47. The van der Waals surface area contributed by atoms with E-state index in [0.717, 1.165) is 54.3 Å². The number of hydrogen-bond donors (Lipinski definition) is 0. The van der Waals surface area contributed by atoms with Crippen LogP contribution in [-0.4, -0.2) is 59.2 Å². The van der Waals surface area contributed by atoms with Gasteiger partial charge in [-0.1, -0.05) is 17.3 Å². The summed E-state index contributed by atoms with van der Waals surface area (Å²) in [7, 11) is 3.40. The average Bonchev–Trinajstić information content (AvgIpc) is 3.57. The number of Topliss-reactive ketones (excluding diaryl/α,β-unsaturated/α-hetero) is 1. The fraction of sp³-hybridized carbons (Fsp3) is 0.500. The van der Waals surface area contributed by atoms with Crippen LogP contribution >= 0.6 is 0 Å². The first-order valence-electron chi connectivity index (χ1n) is 11.9. The third kappa shape index (κ3) is 4.22. The molecule has 1 aliphatic heterocycles. The van der Waals surface area contributed by atoms with Crippen molar-refractivity contribution in [1.82, 2.24) is 14.5 Å². The minimum atomic E-state index is -0.440. The molecule has 1 spiro atoms. The highest BCUT2D eigenvalue weighted by Crippen LogP contribution is 2.52. The summed E-state index contributed by atoms with van der Waals surface area (Å²) in [5.41, 5.74) is 2.46. The van der Waals surface area contributed by atoms with Crippen LogP contribution in [0.3, 0.4) is 0 Å². The zero-order valence-corrected chi connectivity index (χ0v) is 20.1. The fourth-order valence-corrected chi connectivity index (χ4v) is 5.66. The number of hydrogen-bond acceptors (Lipinski definition) is 7. The molecule has 5 rings (SSSR count). The molecule has 180 valence electrons. The molecular formula is C26H32N4O4. The van der Waals surface area contributed by atoms with Gasteiger partial charge in [-0.15, -0.1) is 0 Å². The van der Waals surface area contributed by atoms with E-state index in [0.29, 0.717) is 37.1 Å². The van der Waals surface area contributed by atoms with Crippen LogP contribution in [0.2, 0.25) is 0 Å². The summed E-state index contributed by atoms with van der Waals surface area (Å²) >= 11 is 0. The van der Waals surface area contributed by atoms with E-state index >= 15 is 0 Å². The van der Waals surface area contributed by atoms with Gasteiger partial charge in [-0.2, -0.15) is 0 Å². The first kappa shape index (κ1) is 22.7. The van der Waals surface area contributed by atoms with Crippen LogP contribution in [0.15, 0.2) is 42.0 Å². The molecule has 2 unspecified atom stereocenters. The van der Waals surface area contributed by atoms with Gasteiger partial charge in [-0.3, -0.25) is 4.79 Å². The van der Waals surface area contributed by atoms with Gasteiger partial charge >= 0.3 is 0 Å². The minimum Gasteiger partial charge on any atom is -0.495 e. The minimum absolute atomic E-state index is 0.387. The van der Waals surface area contributed by atoms with Crippen LogP contribution in [0.1, 0.15) is 43.4 Å². The lowest BCUT2D eigenvalue weighted by Gasteiger charge is -2.34. The Labute approximate surface area is 200 Å². The quantitative estimate of drug-likeness (QED) is 0.550. The van der Waals surface area contributed by atoms with Gasteiger partial charge in [0.25, 0.3) is 0 Å².